The van der Waals surface area contributed by atoms with Crippen molar-refractivity contribution in [2.24, 2.45) is 5.92 Å². The smallest absolute Gasteiger partial charge is 0.359 e. The molecule has 2 heterocycles. The quantitative estimate of drug-likeness (QED) is 0.682. The fourth-order valence-electron chi connectivity index (χ4n) is 4.43. The number of hydrogen-bond donors (Lipinski definition) is 2. The second kappa shape index (κ2) is 8.91. The average Bonchev–Trinajstić information content (AvgIpc) is 2.78. The first-order valence-corrected chi connectivity index (χ1v) is 10.8. The van der Waals surface area contributed by atoms with E-state index in [1.807, 2.05) is 0 Å². The van der Waals surface area contributed by atoms with Crippen LogP contribution in [0.4, 0.5) is 35.0 Å². The Hall–Kier alpha value is -2.91. The first-order chi connectivity index (χ1) is 15.3. The normalized spacial score (nSPS) is 18.8. The van der Waals surface area contributed by atoms with Gasteiger partial charge in [0.15, 0.2) is 0 Å². The number of benzene rings is 1. The van der Waals surface area contributed by atoms with Crippen LogP contribution in [-0.2, 0) is 23.8 Å². The number of fused-ring (bicyclic) bond motifs is 1. The van der Waals surface area contributed by atoms with E-state index >= 15 is 0 Å². The lowest BCUT2D eigenvalue weighted by Crippen LogP contribution is -2.43. The minimum Gasteiger partial charge on any atom is -0.359 e. The Kier molecular flexibility index (Phi) is 6.21. The first-order valence-electron chi connectivity index (χ1n) is 10.8. The highest BCUT2D eigenvalue weighted by Gasteiger charge is 2.34. The maximum atomic E-state index is 13.6. The van der Waals surface area contributed by atoms with Crippen LogP contribution < -0.4 is 15.5 Å². The Morgan fingerprint density at radius 2 is 1.94 bits per heavy atom. The second-order valence-corrected chi connectivity index (χ2v) is 8.22. The van der Waals surface area contributed by atoms with E-state index in [1.165, 1.54) is 6.07 Å². The van der Waals surface area contributed by atoms with Crippen molar-refractivity contribution < 1.29 is 22.4 Å². The molecule has 4 rings (SSSR count). The average molecular weight is 451 g/mol. The summed E-state index contributed by atoms with van der Waals surface area (Å²) in [7, 11) is 1.62. The summed E-state index contributed by atoms with van der Waals surface area (Å²) in [6, 6.07) is 2.74. The van der Waals surface area contributed by atoms with E-state index in [-0.39, 0.29) is 23.5 Å². The third-order valence-corrected chi connectivity index (χ3v) is 6.03. The lowest BCUT2D eigenvalue weighted by molar-refractivity contribution is -0.140. The van der Waals surface area contributed by atoms with Crippen molar-refractivity contribution in [3.05, 3.63) is 40.8 Å². The van der Waals surface area contributed by atoms with Crippen LogP contribution in [0.5, 0.6) is 0 Å². The lowest BCUT2D eigenvalue weighted by atomic mass is 9.93. The van der Waals surface area contributed by atoms with Crippen LogP contribution in [0.15, 0.2) is 18.2 Å². The Bertz CT molecular complexity index is 1010. The van der Waals surface area contributed by atoms with Gasteiger partial charge in [0.05, 0.1) is 17.2 Å². The molecule has 172 valence electrons. The summed E-state index contributed by atoms with van der Waals surface area (Å²) in [6.07, 6.45) is 0.391. The molecule has 1 amide bonds. The van der Waals surface area contributed by atoms with Gasteiger partial charge in [-0.05, 0) is 56.7 Å². The van der Waals surface area contributed by atoms with Gasteiger partial charge in [-0.25, -0.2) is 9.37 Å². The fraction of sp³-hybridized carbons (Fsp3) is 0.500. The molecule has 32 heavy (non-hydrogen) atoms. The van der Waals surface area contributed by atoms with E-state index in [2.05, 4.69) is 25.5 Å². The molecule has 2 aliphatic rings. The van der Waals surface area contributed by atoms with E-state index in [1.54, 1.807) is 7.05 Å². The van der Waals surface area contributed by atoms with Gasteiger partial charge < -0.3 is 15.5 Å². The van der Waals surface area contributed by atoms with E-state index in [4.69, 9.17) is 0 Å². The predicted octanol–water partition coefficient (Wildman–Crippen LogP) is 4.22. The number of halogens is 4. The van der Waals surface area contributed by atoms with Gasteiger partial charge in [-0.3, -0.25) is 4.79 Å². The zero-order chi connectivity index (χ0) is 22.9. The van der Waals surface area contributed by atoms with Crippen LogP contribution in [0.25, 0.3) is 0 Å². The maximum Gasteiger partial charge on any atom is 0.419 e. The number of piperidine rings is 1. The topological polar surface area (TPSA) is 70.2 Å². The molecule has 1 aromatic heterocycles. The van der Waals surface area contributed by atoms with Crippen molar-refractivity contribution >= 4 is 23.4 Å². The summed E-state index contributed by atoms with van der Waals surface area (Å²) in [5, 5.41) is 5.53. The highest BCUT2D eigenvalue weighted by molar-refractivity contribution is 5.79. The van der Waals surface area contributed by atoms with Crippen molar-refractivity contribution in [2.45, 2.75) is 44.7 Å². The summed E-state index contributed by atoms with van der Waals surface area (Å²) < 4.78 is 52.9. The maximum absolute atomic E-state index is 13.6. The molecule has 2 aromatic rings. The summed E-state index contributed by atoms with van der Waals surface area (Å²) in [5.74, 6) is -0.595. The van der Waals surface area contributed by atoms with Crippen LogP contribution >= 0.6 is 0 Å². The third kappa shape index (κ3) is 4.63. The number of hydrogen-bond acceptors (Lipinski definition) is 5. The molecule has 1 aliphatic carbocycles. The van der Waals surface area contributed by atoms with Gasteiger partial charge in [0.1, 0.15) is 11.6 Å². The first kappa shape index (κ1) is 22.3. The standard InChI is InChI=1S/C22H25F4N5O/c1-27-20(32)13-5-4-10-31(12-13)19-15-6-2-3-7-18(15)29-21(30-19)28-14-8-9-17(23)16(11-14)22(24,25)26/h8-9,11,13H,2-7,10,12H2,1H3,(H,27,32)(H,28,29,30)/t13-/m1/s1. The fourth-order valence-corrected chi connectivity index (χ4v) is 4.43. The third-order valence-electron chi connectivity index (χ3n) is 6.03. The summed E-state index contributed by atoms with van der Waals surface area (Å²) in [5.41, 5.74) is 0.617. The molecule has 0 radical (unpaired) electrons. The van der Waals surface area contributed by atoms with Gasteiger partial charge in [-0.15, -0.1) is 0 Å². The Labute approximate surface area is 183 Å². The van der Waals surface area contributed by atoms with Crippen LogP contribution in [0.3, 0.4) is 0 Å². The van der Waals surface area contributed by atoms with E-state index in [0.29, 0.717) is 6.54 Å². The van der Waals surface area contributed by atoms with Gasteiger partial charge in [0, 0.05) is 31.4 Å². The van der Waals surface area contributed by atoms with Crippen LogP contribution in [0.2, 0.25) is 0 Å². The number of alkyl halides is 3. The molecule has 2 N–H and O–H groups in total. The lowest BCUT2D eigenvalue weighted by Gasteiger charge is -2.35. The van der Waals surface area contributed by atoms with Crippen molar-refractivity contribution in [1.82, 2.24) is 15.3 Å². The Morgan fingerprint density at radius 3 is 2.69 bits per heavy atom. The molecular weight excluding hydrogens is 426 g/mol. The number of anilines is 3. The number of carbonyl (C=O) groups is 1. The van der Waals surface area contributed by atoms with Crippen molar-refractivity contribution in [1.29, 1.82) is 0 Å². The van der Waals surface area contributed by atoms with Crippen molar-refractivity contribution in [2.75, 3.05) is 30.4 Å². The molecule has 0 unspecified atom stereocenters. The number of carbonyl (C=O) groups excluding carboxylic acids is 1. The molecule has 1 atom stereocenters. The van der Waals surface area contributed by atoms with Gasteiger partial charge in [-0.1, -0.05) is 0 Å². The number of nitrogens with one attached hydrogen (secondary N) is 2. The molecule has 1 saturated heterocycles. The Morgan fingerprint density at radius 1 is 1.16 bits per heavy atom. The number of rotatable bonds is 4. The molecule has 0 saturated carbocycles. The summed E-state index contributed by atoms with van der Waals surface area (Å²) in [4.78, 5) is 23.4. The van der Waals surface area contributed by atoms with Crippen molar-refractivity contribution in [3.63, 3.8) is 0 Å². The molecule has 1 aromatic carbocycles. The molecule has 0 bridgehead atoms. The monoisotopic (exact) mass is 451 g/mol. The van der Waals surface area contributed by atoms with Gasteiger partial charge >= 0.3 is 6.18 Å². The predicted molar refractivity (Wildman–Crippen MR) is 112 cm³/mol. The summed E-state index contributed by atoms with van der Waals surface area (Å²) >= 11 is 0. The number of amides is 1. The van der Waals surface area contributed by atoms with Crippen LogP contribution in [0, 0.1) is 11.7 Å². The van der Waals surface area contributed by atoms with E-state index < -0.39 is 17.6 Å². The van der Waals surface area contributed by atoms with Crippen LogP contribution in [0.1, 0.15) is 42.5 Å². The summed E-state index contributed by atoms with van der Waals surface area (Å²) in [6.45, 7) is 1.27. The highest BCUT2D eigenvalue weighted by atomic mass is 19.4. The molecule has 6 nitrogen and oxygen atoms in total. The van der Waals surface area contributed by atoms with E-state index in [0.717, 1.165) is 74.3 Å². The van der Waals surface area contributed by atoms with Gasteiger partial charge in [0.2, 0.25) is 11.9 Å². The van der Waals surface area contributed by atoms with Gasteiger partial charge in [-0.2, -0.15) is 18.2 Å². The highest BCUT2D eigenvalue weighted by Crippen LogP contribution is 2.35. The molecule has 1 fully saturated rings. The molecule has 10 heteroatoms. The molecular formula is C22H25F4N5O. The molecule has 0 spiro atoms. The minimum absolute atomic E-state index is 0.0121. The number of aromatic nitrogens is 2. The van der Waals surface area contributed by atoms with E-state index in [9.17, 15) is 22.4 Å². The molecule has 1 aliphatic heterocycles. The number of nitrogens with zero attached hydrogens (tertiary/aromatic N) is 3. The second-order valence-electron chi connectivity index (χ2n) is 8.22. The van der Waals surface area contributed by atoms with Crippen molar-refractivity contribution in [3.8, 4) is 0 Å². The largest absolute Gasteiger partial charge is 0.419 e. The van der Waals surface area contributed by atoms with Gasteiger partial charge in [0.25, 0.3) is 0 Å². The SMILES string of the molecule is CNC(=O)[C@@H]1CCCN(c2nc(Nc3ccc(F)c(C(F)(F)F)c3)nc3c2CCCC3)C1. The zero-order valence-electron chi connectivity index (χ0n) is 17.7. The minimum atomic E-state index is -4.80. The zero-order valence-corrected chi connectivity index (χ0v) is 17.7. The number of aryl methyl sites for hydroxylation is 1. The Balaban J connectivity index is 1.67. The van der Waals surface area contributed by atoms with Crippen LogP contribution in [-0.4, -0.2) is 36.0 Å².